The van der Waals surface area contributed by atoms with Gasteiger partial charge in [-0.15, -0.1) is 0 Å². The molecule has 1 saturated heterocycles. The summed E-state index contributed by atoms with van der Waals surface area (Å²) in [6, 6.07) is 3.76. The Morgan fingerprint density at radius 2 is 1.97 bits per heavy atom. The number of pyridine rings is 1. The first-order chi connectivity index (χ1) is 15.4. The lowest BCUT2D eigenvalue weighted by atomic mass is 10.1. The highest BCUT2D eigenvalue weighted by atomic mass is 19.4. The topological polar surface area (TPSA) is 79.2 Å². The van der Waals surface area contributed by atoms with E-state index in [9.17, 15) is 18.0 Å². The van der Waals surface area contributed by atoms with Crippen LogP contribution in [0.1, 0.15) is 41.9 Å². The fourth-order valence-corrected chi connectivity index (χ4v) is 4.14. The number of likely N-dealkylation sites (tertiary alicyclic amines) is 1. The van der Waals surface area contributed by atoms with E-state index in [0.717, 1.165) is 43.5 Å². The largest absolute Gasteiger partial charge is 0.389 e. The van der Waals surface area contributed by atoms with Crippen LogP contribution in [0.15, 0.2) is 36.9 Å². The molecule has 1 amide bonds. The molecule has 0 spiro atoms. The molecule has 32 heavy (non-hydrogen) atoms. The van der Waals surface area contributed by atoms with Crippen LogP contribution in [0.5, 0.6) is 0 Å². The number of nitrogens with zero attached hydrogens (tertiary/aromatic N) is 5. The van der Waals surface area contributed by atoms with Crippen LogP contribution in [0.4, 0.5) is 13.2 Å². The highest BCUT2D eigenvalue weighted by Gasteiger charge is 2.27. The van der Waals surface area contributed by atoms with Gasteiger partial charge < -0.3 is 9.88 Å². The van der Waals surface area contributed by atoms with Crippen molar-refractivity contribution in [1.29, 1.82) is 0 Å². The molecule has 5 rings (SSSR count). The summed E-state index contributed by atoms with van der Waals surface area (Å²) in [6.07, 6.45) is 4.37. The third-order valence-corrected chi connectivity index (χ3v) is 5.82. The maximum Gasteiger partial charge on any atom is 0.389 e. The average molecular weight is 442 g/mol. The second-order valence-corrected chi connectivity index (χ2v) is 8.02. The number of amides is 1. The van der Waals surface area contributed by atoms with E-state index in [4.69, 9.17) is 0 Å². The number of alkyl halides is 3. The molecule has 0 aliphatic carbocycles. The molecule has 1 aliphatic rings. The lowest BCUT2D eigenvalue weighted by Crippen LogP contribution is -2.35. The van der Waals surface area contributed by atoms with Gasteiger partial charge in [-0.2, -0.15) is 18.3 Å². The number of hydrogen-bond donors (Lipinski definition) is 1. The van der Waals surface area contributed by atoms with Gasteiger partial charge in [-0.05, 0) is 37.0 Å². The molecule has 5 heterocycles. The number of nitrogens with one attached hydrogen (secondary N) is 1. The van der Waals surface area contributed by atoms with E-state index in [1.165, 1.54) is 0 Å². The van der Waals surface area contributed by atoms with Crippen molar-refractivity contribution in [3.8, 4) is 11.1 Å². The second kappa shape index (κ2) is 7.92. The lowest BCUT2D eigenvalue weighted by molar-refractivity contribution is -0.134. The van der Waals surface area contributed by atoms with Crippen molar-refractivity contribution in [2.45, 2.75) is 38.3 Å². The van der Waals surface area contributed by atoms with E-state index in [1.807, 2.05) is 17.0 Å². The van der Waals surface area contributed by atoms with Gasteiger partial charge in [-0.1, -0.05) is 0 Å². The Hall–Kier alpha value is -3.43. The quantitative estimate of drug-likeness (QED) is 0.508. The van der Waals surface area contributed by atoms with Crippen LogP contribution in [-0.4, -0.2) is 54.6 Å². The first-order valence-electron chi connectivity index (χ1n) is 10.6. The molecule has 0 bridgehead atoms. The first kappa shape index (κ1) is 20.5. The van der Waals surface area contributed by atoms with Gasteiger partial charge in [0.15, 0.2) is 0 Å². The minimum Gasteiger partial charge on any atom is -0.345 e. The summed E-state index contributed by atoms with van der Waals surface area (Å²) in [4.78, 5) is 26.3. The third kappa shape index (κ3) is 3.92. The SMILES string of the molecule is O=C(c1cnn2ccc(-c3c[nH]c4nc(CCC(F)(F)F)ncc34)cc12)N1CCCCC1. The molecule has 4 aromatic rings. The normalized spacial score (nSPS) is 15.0. The maximum atomic E-state index is 13.0. The number of H-pyrrole nitrogens is 1. The van der Waals surface area contributed by atoms with E-state index in [-0.39, 0.29) is 18.2 Å². The summed E-state index contributed by atoms with van der Waals surface area (Å²) in [6.45, 7) is 1.51. The Balaban J connectivity index is 1.47. The second-order valence-electron chi connectivity index (χ2n) is 8.02. The number of hydrogen-bond acceptors (Lipinski definition) is 4. The summed E-state index contributed by atoms with van der Waals surface area (Å²) < 4.78 is 39.1. The standard InChI is InChI=1S/C22H21F3N6O/c23-22(24,25)6-4-19-26-12-16-15(11-27-20(16)29-19)14-5-9-31-18(10-14)17(13-28-31)21(32)30-7-2-1-3-8-30/h5,9-13H,1-4,6-8H2,(H,26,27,29). The molecule has 0 atom stereocenters. The van der Waals surface area contributed by atoms with Gasteiger partial charge in [-0.25, -0.2) is 14.5 Å². The van der Waals surface area contributed by atoms with E-state index < -0.39 is 12.6 Å². The number of rotatable bonds is 4. The average Bonchev–Trinajstić information content (AvgIpc) is 3.40. The highest BCUT2D eigenvalue weighted by molar-refractivity contribution is 6.02. The van der Waals surface area contributed by atoms with Crippen molar-refractivity contribution in [3.63, 3.8) is 0 Å². The van der Waals surface area contributed by atoms with Gasteiger partial charge in [0, 0.05) is 49.1 Å². The zero-order valence-electron chi connectivity index (χ0n) is 17.2. The van der Waals surface area contributed by atoms with Crippen LogP contribution in [0, 0.1) is 0 Å². The maximum absolute atomic E-state index is 13.0. The monoisotopic (exact) mass is 442 g/mol. The van der Waals surface area contributed by atoms with Gasteiger partial charge in [0.1, 0.15) is 11.5 Å². The van der Waals surface area contributed by atoms with Crippen molar-refractivity contribution >= 4 is 22.5 Å². The molecule has 0 unspecified atom stereocenters. The number of halogens is 3. The van der Waals surface area contributed by atoms with Gasteiger partial charge in [0.05, 0.1) is 23.7 Å². The summed E-state index contributed by atoms with van der Waals surface area (Å²) in [5.74, 6) is 0.122. The van der Waals surface area contributed by atoms with Crippen LogP contribution in [0.2, 0.25) is 0 Å². The van der Waals surface area contributed by atoms with Gasteiger partial charge in [0.25, 0.3) is 5.91 Å². The third-order valence-electron chi connectivity index (χ3n) is 5.82. The van der Waals surface area contributed by atoms with Crippen LogP contribution in [0.25, 0.3) is 27.7 Å². The zero-order chi connectivity index (χ0) is 22.3. The van der Waals surface area contributed by atoms with Crippen molar-refractivity contribution in [1.82, 2.24) is 29.5 Å². The first-order valence-corrected chi connectivity index (χ1v) is 10.6. The van der Waals surface area contributed by atoms with E-state index in [1.54, 1.807) is 29.3 Å². The lowest BCUT2D eigenvalue weighted by Gasteiger charge is -2.26. The molecule has 10 heteroatoms. The van der Waals surface area contributed by atoms with Crippen molar-refractivity contribution in [2.75, 3.05) is 13.1 Å². The summed E-state index contributed by atoms with van der Waals surface area (Å²) in [5, 5.41) is 5.02. The molecule has 0 saturated carbocycles. The molecule has 1 fully saturated rings. The van der Waals surface area contributed by atoms with Crippen LogP contribution >= 0.6 is 0 Å². The van der Waals surface area contributed by atoms with Gasteiger partial charge in [0.2, 0.25) is 0 Å². The van der Waals surface area contributed by atoms with E-state index in [0.29, 0.717) is 22.1 Å². The molecule has 1 aliphatic heterocycles. The summed E-state index contributed by atoms with van der Waals surface area (Å²) >= 11 is 0. The minimum atomic E-state index is -4.25. The Morgan fingerprint density at radius 1 is 1.16 bits per heavy atom. The van der Waals surface area contributed by atoms with Crippen LogP contribution < -0.4 is 0 Å². The summed E-state index contributed by atoms with van der Waals surface area (Å²) in [7, 11) is 0. The smallest absolute Gasteiger partial charge is 0.345 e. The zero-order valence-corrected chi connectivity index (χ0v) is 17.2. The minimum absolute atomic E-state index is 0.0200. The van der Waals surface area contributed by atoms with Crippen LogP contribution in [-0.2, 0) is 6.42 Å². The van der Waals surface area contributed by atoms with E-state index >= 15 is 0 Å². The number of aromatic nitrogens is 5. The van der Waals surface area contributed by atoms with Crippen molar-refractivity contribution in [2.24, 2.45) is 0 Å². The Labute approximate surface area is 181 Å². The van der Waals surface area contributed by atoms with E-state index in [2.05, 4.69) is 20.1 Å². The fourth-order valence-electron chi connectivity index (χ4n) is 4.14. The molecule has 1 N–H and O–H groups in total. The number of aryl methyl sites for hydroxylation is 1. The van der Waals surface area contributed by atoms with Gasteiger partial charge >= 0.3 is 6.18 Å². The Kier molecular flexibility index (Phi) is 5.07. The Bertz CT molecular complexity index is 1290. The summed E-state index contributed by atoms with van der Waals surface area (Å²) in [5.41, 5.74) is 3.38. The van der Waals surface area contributed by atoms with Gasteiger partial charge in [-0.3, -0.25) is 4.79 Å². The number of piperidine rings is 1. The number of fused-ring (bicyclic) bond motifs is 2. The van der Waals surface area contributed by atoms with Crippen molar-refractivity contribution in [3.05, 3.63) is 48.3 Å². The molecule has 166 valence electrons. The molecule has 7 nitrogen and oxygen atoms in total. The fraction of sp³-hybridized carbons (Fsp3) is 0.364. The number of carbonyl (C=O) groups excluding carboxylic acids is 1. The van der Waals surface area contributed by atoms with Crippen molar-refractivity contribution < 1.29 is 18.0 Å². The number of carbonyl (C=O) groups is 1. The molecular formula is C22H21F3N6O. The predicted molar refractivity (Wildman–Crippen MR) is 112 cm³/mol. The predicted octanol–water partition coefficient (Wildman–Crippen LogP) is 4.39. The van der Waals surface area contributed by atoms with Crippen LogP contribution in [0.3, 0.4) is 0 Å². The molecule has 4 aromatic heterocycles. The highest BCUT2D eigenvalue weighted by Crippen LogP contribution is 2.30. The molecule has 0 aromatic carbocycles. The number of aromatic amines is 1. The molecule has 0 radical (unpaired) electrons. The molecular weight excluding hydrogens is 421 g/mol. The Morgan fingerprint density at radius 3 is 2.75 bits per heavy atom.